The molecule has 1 nitrogen and oxygen atoms in total. The van der Waals surface area contributed by atoms with Crippen molar-refractivity contribution in [3.63, 3.8) is 0 Å². The summed E-state index contributed by atoms with van der Waals surface area (Å²) in [6, 6.07) is 38.1. The molecule has 0 radical (unpaired) electrons. The molecule has 0 atom stereocenters. The highest BCUT2D eigenvalue weighted by molar-refractivity contribution is 14.1. The molecule has 0 heterocycles. The molecule has 4 aromatic rings. The van der Waals surface area contributed by atoms with Crippen LogP contribution < -0.4 is 4.90 Å². The molecule has 136 valence electrons. The maximum absolute atomic E-state index is 2.33. The Kier molecular flexibility index (Phi) is 5.88. The largest absolute Gasteiger partial charge is 0.311 e. The van der Waals surface area contributed by atoms with E-state index >= 15 is 0 Å². The van der Waals surface area contributed by atoms with E-state index in [1.54, 1.807) is 0 Å². The molecule has 0 saturated heterocycles. The van der Waals surface area contributed by atoms with E-state index in [2.05, 4.69) is 137 Å². The predicted molar refractivity (Wildman–Crippen MR) is 129 cm³/mol. The van der Waals surface area contributed by atoms with Crippen LogP contribution in [-0.4, -0.2) is 0 Å². The number of rotatable bonds is 5. The van der Waals surface area contributed by atoms with Crippen molar-refractivity contribution in [2.45, 2.75) is 0 Å². The van der Waals surface area contributed by atoms with Gasteiger partial charge in [0.2, 0.25) is 0 Å². The third-order valence-corrected chi connectivity index (χ3v) is 5.24. The van der Waals surface area contributed by atoms with E-state index in [9.17, 15) is 0 Å². The first-order chi connectivity index (χ1) is 13.8. The summed E-state index contributed by atoms with van der Waals surface area (Å²) in [7, 11) is 0. The molecule has 0 N–H and O–H groups in total. The molecular weight excluding hydrogens is 453 g/mol. The van der Waals surface area contributed by atoms with E-state index in [-0.39, 0.29) is 0 Å². The smallest absolute Gasteiger partial charge is 0.0462 e. The Morgan fingerprint density at radius 3 is 1.32 bits per heavy atom. The van der Waals surface area contributed by atoms with E-state index in [1.807, 2.05) is 12.1 Å². The quantitative estimate of drug-likeness (QED) is 0.210. The fourth-order valence-electron chi connectivity index (χ4n) is 3.10. The number of anilines is 3. The van der Waals surface area contributed by atoms with Gasteiger partial charge in [-0.3, -0.25) is 0 Å². The Balaban J connectivity index is 1.62. The van der Waals surface area contributed by atoms with E-state index in [4.69, 9.17) is 0 Å². The molecule has 0 saturated carbocycles. The standard InChI is InChI=1S/C26H20IN/c27-23-17-13-21(14-18-23)11-12-22-15-19-26(20-16-22)28(24-7-3-1-4-8-24)25-9-5-2-6-10-25/h1-20H/b12-11+. The van der Waals surface area contributed by atoms with Crippen LogP contribution in [0, 0.1) is 3.57 Å². The van der Waals surface area contributed by atoms with Crippen molar-refractivity contribution in [3.05, 3.63) is 124 Å². The van der Waals surface area contributed by atoms with Crippen molar-refractivity contribution >= 4 is 51.8 Å². The zero-order valence-corrected chi connectivity index (χ0v) is 17.5. The van der Waals surface area contributed by atoms with Gasteiger partial charge >= 0.3 is 0 Å². The Bertz CT molecular complexity index is 998. The molecule has 0 aliphatic heterocycles. The van der Waals surface area contributed by atoms with Gasteiger partial charge in [-0.1, -0.05) is 72.8 Å². The van der Waals surface area contributed by atoms with Gasteiger partial charge in [0, 0.05) is 20.6 Å². The fourth-order valence-corrected chi connectivity index (χ4v) is 3.46. The molecule has 0 spiro atoms. The van der Waals surface area contributed by atoms with E-state index in [0.717, 1.165) is 17.1 Å². The molecular formula is C26H20IN. The van der Waals surface area contributed by atoms with Crippen LogP contribution in [0.2, 0.25) is 0 Å². The van der Waals surface area contributed by atoms with Gasteiger partial charge in [0.15, 0.2) is 0 Å². The van der Waals surface area contributed by atoms with Crippen LogP contribution in [0.3, 0.4) is 0 Å². The molecule has 0 amide bonds. The second kappa shape index (κ2) is 8.89. The summed E-state index contributed by atoms with van der Waals surface area (Å²) in [5, 5.41) is 0. The van der Waals surface area contributed by atoms with E-state index in [0.29, 0.717) is 0 Å². The highest BCUT2D eigenvalue weighted by Crippen LogP contribution is 2.34. The van der Waals surface area contributed by atoms with Crippen molar-refractivity contribution in [2.24, 2.45) is 0 Å². The van der Waals surface area contributed by atoms with Crippen molar-refractivity contribution < 1.29 is 0 Å². The summed E-state index contributed by atoms with van der Waals surface area (Å²) < 4.78 is 1.25. The van der Waals surface area contributed by atoms with Crippen LogP contribution in [0.15, 0.2) is 109 Å². The molecule has 0 aliphatic carbocycles. The van der Waals surface area contributed by atoms with Crippen molar-refractivity contribution in [1.82, 2.24) is 0 Å². The molecule has 0 fully saturated rings. The molecule has 0 aromatic heterocycles. The average Bonchev–Trinajstić information content (AvgIpc) is 2.76. The van der Waals surface area contributed by atoms with Crippen LogP contribution >= 0.6 is 22.6 Å². The number of halogens is 1. The number of hydrogen-bond acceptors (Lipinski definition) is 1. The summed E-state index contributed by atoms with van der Waals surface area (Å²) in [6.45, 7) is 0. The molecule has 0 unspecified atom stereocenters. The molecule has 28 heavy (non-hydrogen) atoms. The van der Waals surface area contributed by atoms with Crippen LogP contribution in [-0.2, 0) is 0 Å². The summed E-state index contributed by atoms with van der Waals surface area (Å²) in [4.78, 5) is 2.27. The third-order valence-electron chi connectivity index (χ3n) is 4.52. The van der Waals surface area contributed by atoms with Crippen LogP contribution in [0.1, 0.15) is 11.1 Å². The second-order valence-corrected chi connectivity index (χ2v) is 7.73. The SMILES string of the molecule is Ic1ccc(/C=C/c2ccc(N(c3ccccc3)c3ccccc3)cc2)cc1. The summed E-state index contributed by atoms with van der Waals surface area (Å²) in [5.41, 5.74) is 5.83. The summed E-state index contributed by atoms with van der Waals surface area (Å²) in [5.74, 6) is 0. The molecule has 0 aliphatic rings. The minimum absolute atomic E-state index is 1.14. The van der Waals surface area contributed by atoms with Gasteiger partial charge in [0.05, 0.1) is 0 Å². The van der Waals surface area contributed by atoms with Gasteiger partial charge in [0.25, 0.3) is 0 Å². The van der Waals surface area contributed by atoms with Gasteiger partial charge in [-0.2, -0.15) is 0 Å². The molecule has 4 aromatic carbocycles. The zero-order valence-electron chi connectivity index (χ0n) is 15.4. The monoisotopic (exact) mass is 473 g/mol. The lowest BCUT2D eigenvalue weighted by Crippen LogP contribution is -2.09. The Labute approximate surface area is 180 Å². The first-order valence-corrected chi connectivity index (χ1v) is 10.3. The Morgan fingerprint density at radius 2 is 0.857 bits per heavy atom. The Morgan fingerprint density at radius 1 is 0.464 bits per heavy atom. The lowest BCUT2D eigenvalue weighted by Gasteiger charge is -2.25. The number of para-hydroxylation sites is 2. The van der Waals surface area contributed by atoms with Crippen molar-refractivity contribution in [3.8, 4) is 0 Å². The van der Waals surface area contributed by atoms with Gasteiger partial charge in [-0.25, -0.2) is 0 Å². The predicted octanol–water partition coefficient (Wildman–Crippen LogP) is 7.93. The lowest BCUT2D eigenvalue weighted by molar-refractivity contribution is 1.28. The lowest BCUT2D eigenvalue weighted by atomic mass is 10.1. The van der Waals surface area contributed by atoms with Crippen molar-refractivity contribution in [2.75, 3.05) is 4.90 Å². The summed E-state index contributed by atoms with van der Waals surface area (Å²) in [6.07, 6.45) is 4.30. The molecule has 0 bridgehead atoms. The van der Waals surface area contributed by atoms with Gasteiger partial charge < -0.3 is 4.90 Å². The van der Waals surface area contributed by atoms with Crippen molar-refractivity contribution in [1.29, 1.82) is 0 Å². The minimum atomic E-state index is 1.14. The third kappa shape index (κ3) is 4.52. The second-order valence-electron chi connectivity index (χ2n) is 6.48. The van der Waals surface area contributed by atoms with Gasteiger partial charge in [-0.15, -0.1) is 0 Å². The first-order valence-electron chi connectivity index (χ1n) is 9.23. The van der Waals surface area contributed by atoms with Crippen LogP contribution in [0.5, 0.6) is 0 Å². The van der Waals surface area contributed by atoms with Gasteiger partial charge in [0.1, 0.15) is 0 Å². The Hall–Kier alpha value is -2.85. The number of benzene rings is 4. The fraction of sp³-hybridized carbons (Fsp3) is 0. The number of nitrogens with zero attached hydrogens (tertiary/aromatic N) is 1. The first kappa shape index (κ1) is 18.5. The maximum atomic E-state index is 2.33. The zero-order chi connectivity index (χ0) is 19.2. The normalized spacial score (nSPS) is 10.9. The summed E-state index contributed by atoms with van der Waals surface area (Å²) >= 11 is 2.33. The molecule has 4 rings (SSSR count). The highest BCUT2D eigenvalue weighted by atomic mass is 127. The molecule has 2 heteroatoms. The van der Waals surface area contributed by atoms with E-state index in [1.165, 1.54) is 14.7 Å². The maximum Gasteiger partial charge on any atom is 0.0462 e. The van der Waals surface area contributed by atoms with E-state index < -0.39 is 0 Å². The van der Waals surface area contributed by atoms with Crippen LogP contribution in [0.25, 0.3) is 12.2 Å². The average molecular weight is 473 g/mol. The van der Waals surface area contributed by atoms with Gasteiger partial charge in [-0.05, 0) is 82.2 Å². The minimum Gasteiger partial charge on any atom is -0.311 e. The van der Waals surface area contributed by atoms with Crippen LogP contribution in [0.4, 0.5) is 17.1 Å². The number of hydrogen-bond donors (Lipinski definition) is 0. The highest BCUT2D eigenvalue weighted by Gasteiger charge is 2.11. The topological polar surface area (TPSA) is 3.24 Å².